The number of hydrogen-bond donors (Lipinski definition) is 2. The molecule has 0 unspecified atom stereocenters. The predicted octanol–water partition coefficient (Wildman–Crippen LogP) is 1.91. The van der Waals surface area contributed by atoms with E-state index in [-0.39, 0.29) is 11.8 Å². The van der Waals surface area contributed by atoms with Gasteiger partial charge in [0, 0.05) is 42.8 Å². The van der Waals surface area contributed by atoms with E-state index in [0.717, 1.165) is 12.8 Å². The van der Waals surface area contributed by atoms with Crippen molar-refractivity contribution in [3.05, 3.63) is 28.8 Å². The highest BCUT2D eigenvalue weighted by Crippen LogP contribution is 2.21. The lowest BCUT2D eigenvalue weighted by molar-refractivity contribution is -0.119. The summed E-state index contributed by atoms with van der Waals surface area (Å²) in [6.07, 6.45) is 1.78. The number of benzene rings is 1. The second-order valence-electron chi connectivity index (χ2n) is 5.45. The number of nitrogens with zero attached hydrogens (tertiary/aromatic N) is 1. The molecule has 2 amide bonds. The van der Waals surface area contributed by atoms with Crippen LogP contribution >= 0.6 is 11.6 Å². The number of likely N-dealkylation sites (tertiary alicyclic amines) is 1. The Morgan fingerprint density at radius 2 is 2.00 bits per heavy atom. The van der Waals surface area contributed by atoms with Crippen LogP contribution in [0, 0.1) is 5.92 Å². The summed E-state index contributed by atoms with van der Waals surface area (Å²) in [4.78, 5) is 25.1. The van der Waals surface area contributed by atoms with E-state index in [9.17, 15) is 9.59 Å². The van der Waals surface area contributed by atoms with Crippen molar-refractivity contribution < 1.29 is 9.59 Å². The third kappa shape index (κ3) is 4.36. The van der Waals surface area contributed by atoms with Gasteiger partial charge < -0.3 is 16.0 Å². The van der Waals surface area contributed by atoms with Gasteiger partial charge in [0.2, 0.25) is 5.91 Å². The lowest BCUT2D eigenvalue weighted by Gasteiger charge is -2.32. The summed E-state index contributed by atoms with van der Waals surface area (Å²) in [7, 11) is 0. The van der Waals surface area contributed by atoms with Crippen molar-refractivity contribution in [2.45, 2.75) is 19.8 Å². The molecule has 0 aliphatic carbocycles. The molecule has 0 spiro atoms. The van der Waals surface area contributed by atoms with E-state index in [0.29, 0.717) is 41.8 Å². The maximum atomic E-state index is 12.4. The fourth-order valence-corrected chi connectivity index (χ4v) is 2.79. The smallest absolute Gasteiger partial charge is 0.253 e. The first-order valence-electron chi connectivity index (χ1n) is 7.05. The molecule has 1 aliphatic rings. The van der Waals surface area contributed by atoms with Crippen LogP contribution in [-0.2, 0) is 4.79 Å². The van der Waals surface area contributed by atoms with E-state index >= 15 is 0 Å². The van der Waals surface area contributed by atoms with Gasteiger partial charge in [-0.25, -0.2) is 0 Å². The Hall–Kier alpha value is -1.75. The van der Waals surface area contributed by atoms with Gasteiger partial charge in [-0.05, 0) is 37.0 Å². The molecule has 0 saturated carbocycles. The van der Waals surface area contributed by atoms with Gasteiger partial charge in [-0.1, -0.05) is 11.6 Å². The lowest BCUT2D eigenvalue weighted by Crippen LogP contribution is -2.41. The number of amides is 2. The van der Waals surface area contributed by atoms with E-state index in [1.165, 1.54) is 6.92 Å². The van der Waals surface area contributed by atoms with Crippen LogP contribution in [0.25, 0.3) is 0 Å². The molecule has 6 heteroatoms. The summed E-state index contributed by atoms with van der Waals surface area (Å²) in [5.74, 6) is 0.382. The van der Waals surface area contributed by atoms with E-state index in [2.05, 4.69) is 5.32 Å². The fourth-order valence-electron chi connectivity index (χ4n) is 2.55. The van der Waals surface area contributed by atoms with Gasteiger partial charge in [0.15, 0.2) is 0 Å². The number of carbonyl (C=O) groups excluding carboxylic acids is 2. The number of carbonyl (C=O) groups is 2. The average molecular weight is 310 g/mol. The van der Waals surface area contributed by atoms with E-state index in [1.807, 2.05) is 4.90 Å². The number of nitrogens with one attached hydrogen (secondary N) is 1. The van der Waals surface area contributed by atoms with Gasteiger partial charge in [0.1, 0.15) is 0 Å². The molecule has 2 rings (SSSR count). The molecule has 114 valence electrons. The number of nitrogens with two attached hydrogens (primary N) is 1. The number of rotatable bonds is 3. The zero-order valence-corrected chi connectivity index (χ0v) is 12.8. The molecule has 0 radical (unpaired) electrons. The molecular weight excluding hydrogens is 290 g/mol. The van der Waals surface area contributed by atoms with Gasteiger partial charge in [0.25, 0.3) is 5.91 Å². The second kappa shape index (κ2) is 6.80. The zero-order valence-electron chi connectivity index (χ0n) is 12.1. The van der Waals surface area contributed by atoms with Crippen LogP contribution in [0.3, 0.4) is 0 Å². The molecule has 1 fully saturated rings. The summed E-state index contributed by atoms with van der Waals surface area (Å²) in [5, 5.41) is 3.30. The average Bonchev–Trinajstić information content (AvgIpc) is 2.44. The molecular formula is C15H20ClN3O2. The Bertz CT molecular complexity index is 519. The standard InChI is InChI=1S/C15H20ClN3O2/c1-10(20)18-9-11-2-4-19(5-3-11)15(21)12-6-13(16)8-14(17)7-12/h6-8,11H,2-5,9,17H2,1H3,(H,18,20). The minimum absolute atomic E-state index is 0.0112. The topological polar surface area (TPSA) is 75.4 Å². The Balaban J connectivity index is 1.92. The van der Waals surface area contributed by atoms with Crippen molar-refractivity contribution >= 4 is 29.1 Å². The van der Waals surface area contributed by atoms with Crippen LogP contribution in [0.5, 0.6) is 0 Å². The SMILES string of the molecule is CC(=O)NCC1CCN(C(=O)c2cc(N)cc(Cl)c2)CC1. The Morgan fingerprint density at radius 1 is 1.33 bits per heavy atom. The molecule has 1 heterocycles. The van der Waals surface area contributed by atoms with Gasteiger partial charge in [-0.2, -0.15) is 0 Å². The van der Waals surface area contributed by atoms with Crippen molar-refractivity contribution in [1.29, 1.82) is 0 Å². The number of halogens is 1. The molecule has 0 aromatic heterocycles. The number of anilines is 1. The second-order valence-corrected chi connectivity index (χ2v) is 5.88. The molecule has 3 N–H and O–H groups in total. The summed E-state index contributed by atoms with van der Waals surface area (Å²) in [6, 6.07) is 4.92. The minimum Gasteiger partial charge on any atom is -0.399 e. The van der Waals surface area contributed by atoms with Crippen molar-refractivity contribution in [1.82, 2.24) is 10.2 Å². The summed E-state index contributed by atoms with van der Waals surface area (Å²) in [5.41, 5.74) is 6.74. The lowest BCUT2D eigenvalue weighted by atomic mass is 9.96. The third-order valence-corrected chi connectivity index (χ3v) is 3.93. The molecule has 0 bridgehead atoms. The van der Waals surface area contributed by atoms with Gasteiger partial charge in [-0.15, -0.1) is 0 Å². The molecule has 1 aromatic carbocycles. The Labute approximate surface area is 129 Å². The predicted molar refractivity (Wildman–Crippen MR) is 83.2 cm³/mol. The first-order chi connectivity index (χ1) is 9.95. The van der Waals surface area contributed by atoms with Gasteiger partial charge in [0.05, 0.1) is 0 Å². The van der Waals surface area contributed by atoms with Crippen LogP contribution in [0.15, 0.2) is 18.2 Å². The van der Waals surface area contributed by atoms with E-state index < -0.39 is 0 Å². The van der Waals surface area contributed by atoms with Gasteiger partial charge >= 0.3 is 0 Å². The molecule has 1 saturated heterocycles. The maximum Gasteiger partial charge on any atom is 0.253 e. The first kappa shape index (κ1) is 15.6. The monoisotopic (exact) mass is 309 g/mol. The maximum absolute atomic E-state index is 12.4. The number of piperidine rings is 1. The minimum atomic E-state index is -0.0397. The highest BCUT2D eigenvalue weighted by atomic mass is 35.5. The third-order valence-electron chi connectivity index (χ3n) is 3.71. The van der Waals surface area contributed by atoms with Crippen LogP contribution < -0.4 is 11.1 Å². The first-order valence-corrected chi connectivity index (χ1v) is 7.43. The van der Waals surface area contributed by atoms with E-state index in [4.69, 9.17) is 17.3 Å². The van der Waals surface area contributed by atoms with Crippen LogP contribution in [0.4, 0.5) is 5.69 Å². The highest BCUT2D eigenvalue weighted by Gasteiger charge is 2.24. The van der Waals surface area contributed by atoms with Gasteiger partial charge in [-0.3, -0.25) is 9.59 Å². The summed E-state index contributed by atoms with van der Waals surface area (Å²) < 4.78 is 0. The largest absolute Gasteiger partial charge is 0.399 e. The molecule has 5 nitrogen and oxygen atoms in total. The summed E-state index contributed by atoms with van der Waals surface area (Å²) >= 11 is 5.94. The highest BCUT2D eigenvalue weighted by molar-refractivity contribution is 6.31. The Morgan fingerprint density at radius 3 is 2.57 bits per heavy atom. The van der Waals surface area contributed by atoms with Crippen LogP contribution in [-0.4, -0.2) is 36.3 Å². The fraction of sp³-hybridized carbons (Fsp3) is 0.467. The molecule has 21 heavy (non-hydrogen) atoms. The number of hydrogen-bond acceptors (Lipinski definition) is 3. The van der Waals surface area contributed by atoms with Crippen molar-refractivity contribution in [3.63, 3.8) is 0 Å². The molecule has 1 aromatic rings. The Kier molecular flexibility index (Phi) is 5.07. The quantitative estimate of drug-likeness (QED) is 0.838. The van der Waals surface area contributed by atoms with Crippen molar-refractivity contribution in [2.75, 3.05) is 25.4 Å². The number of nitrogen functional groups attached to an aromatic ring is 1. The van der Waals surface area contributed by atoms with E-state index in [1.54, 1.807) is 18.2 Å². The molecule has 1 aliphatic heterocycles. The zero-order chi connectivity index (χ0) is 15.4. The summed E-state index contributed by atoms with van der Waals surface area (Å²) in [6.45, 7) is 3.58. The van der Waals surface area contributed by atoms with Crippen molar-refractivity contribution in [3.8, 4) is 0 Å². The van der Waals surface area contributed by atoms with Crippen LogP contribution in [0.2, 0.25) is 5.02 Å². The van der Waals surface area contributed by atoms with Crippen LogP contribution in [0.1, 0.15) is 30.1 Å². The normalized spacial score (nSPS) is 15.8. The van der Waals surface area contributed by atoms with Crippen molar-refractivity contribution in [2.24, 2.45) is 5.92 Å². The molecule has 0 atom stereocenters.